The number of hydrogen-bond donors (Lipinski definition) is 2. The molecule has 0 aliphatic rings. The summed E-state index contributed by atoms with van der Waals surface area (Å²) in [5, 5.41) is 16.3. The number of nitrogens with one attached hydrogen (secondary N) is 2. The molecule has 0 spiro atoms. The third-order valence-electron chi connectivity index (χ3n) is 4.30. The van der Waals surface area contributed by atoms with E-state index in [-0.39, 0.29) is 29.7 Å². The summed E-state index contributed by atoms with van der Waals surface area (Å²) >= 11 is 0. The molecule has 0 atom stereocenters. The average Bonchev–Trinajstić information content (AvgIpc) is 2.77. The molecule has 2 amide bonds. The second kappa shape index (κ2) is 9.27. The van der Waals surface area contributed by atoms with Gasteiger partial charge >= 0.3 is 0 Å². The number of benzene rings is 3. The molecule has 3 aromatic carbocycles. The first-order valence-electron chi connectivity index (χ1n) is 8.96. The van der Waals surface area contributed by atoms with E-state index in [0.29, 0.717) is 0 Å². The number of nitro benzene ring substituents is 1. The summed E-state index contributed by atoms with van der Waals surface area (Å²) < 4.78 is 0. The van der Waals surface area contributed by atoms with Crippen molar-refractivity contribution in [2.24, 2.45) is 0 Å². The number of nitro groups is 1. The molecule has 0 heterocycles. The van der Waals surface area contributed by atoms with E-state index in [4.69, 9.17) is 0 Å². The van der Waals surface area contributed by atoms with E-state index in [1.54, 1.807) is 0 Å². The number of hydrogen-bond acceptors (Lipinski definition) is 4. The van der Waals surface area contributed by atoms with Gasteiger partial charge in [-0.3, -0.25) is 19.7 Å². The van der Waals surface area contributed by atoms with E-state index in [9.17, 15) is 19.7 Å². The first-order valence-corrected chi connectivity index (χ1v) is 8.96. The van der Waals surface area contributed by atoms with Crippen molar-refractivity contribution in [2.75, 3.05) is 6.54 Å². The van der Waals surface area contributed by atoms with Crippen LogP contribution in [0.25, 0.3) is 0 Å². The number of amides is 2. The lowest BCUT2D eigenvalue weighted by Crippen LogP contribution is -2.39. The van der Waals surface area contributed by atoms with E-state index >= 15 is 0 Å². The summed E-state index contributed by atoms with van der Waals surface area (Å²) in [5.74, 6) is -0.929. The van der Waals surface area contributed by atoms with Crippen LogP contribution in [-0.2, 0) is 4.79 Å². The van der Waals surface area contributed by atoms with Crippen molar-refractivity contribution < 1.29 is 14.5 Å². The molecule has 3 aromatic rings. The highest BCUT2D eigenvalue weighted by Gasteiger charge is 2.18. The third-order valence-corrected chi connectivity index (χ3v) is 4.30. The Hall–Kier alpha value is -4.00. The first-order chi connectivity index (χ1) is 14.0. The monoisotopic (exact) mass is 389 g/mol. The molecule has 7 heteroatoms. The van der Waals surface area contributed by atoms with Crippen molar-refractivity contribution in [3.05, 3.63) is 112 Å². The van der Waals surface area contributed by atoms with Gasteiger partial charge in [-0.25, -0.2) is 0 Å². The highest BCUT2D eigenvalue weighted by molar-refractivity contribution is 5.97. The molecule has 0 saturated heterocycles. The molecule has 7 nitrogen and oxygen atoms in total. The smallest absolute Gasteiger partial charge is 0.270 e. The van der Waals surface area contributed by atoms with E-state index in [1.807, 2.05) is 60.7 Å². The van der Waals surface area contributed by atoms with Crippen LogP contribution in [0.15, 0.2) is 84.9 Å². The van der Waals surface area contributed by atoms with Crippen LogP contribution in [0, 0.1) is 10.1 Å². The van der Waals surface area contributed by atoms with Gasteiger partial charge in [0.15, 0.2) is 0 Å². The fourth-order valence-corrected chi connectivity index (χ4v) is 2.89. The lowest BCUT2D eigenvalue weighted by molar-refractivity contribution is -0.384. The molecule has 146 valence electrons. The van der Waals surface area contributed by atoms with E-state index in [2.05, 4.69) is 10.6 Å². The molecule has 0 aliphatic carbocycles. The van der Waals surface area contributed by atoms with Crippen molar-refractivity contribution in [2.45, 2.75) is 6.04 Å². The van der Waals surface area contributed by atoms with Crippen LogP contribution < -0.4 is 10.6 Å². The highest BCUT2D eigenvalue weighted by Crippen LogP contribution is 2.21. The molecular weight excluding hydrogens is 370 g/mol. The average molecular weight is 389 g/mol. The standard InChI is InChI=1S/C22H19N3O4/c26-20(15-23-22(27)18-12-7-13-19(14-18)25(28)29)24-21(16-8-3-1-4-9-16)17-10-5-2-6-11-17/h1-14,21H,15H2,(H,23,27)(H,24,26). The Morgan fingerprint density at radius 2 is 1.45 bits per heavy atom. The SMILES string of the molecule is O=C(CNC(=O)c1cccc([N+](=O)[O-])c1)NC(c1ccccc1)c1ccccc1. The van der Waals surface area contributed by atoms with Crippen molar-refractivity contribution in [1.29, 1.82) is 0 Å². The van der Waals surface area contributed by atoms with Crippen LogP contribution in [0.4, 0.5) is 5.69 Å². The summed E-state index contributed by atoms with van der Waals surface area (Å²) in [6, 6.07) is 24.0. The lowest BCUT2D eigenvalue weighted by Gasteiger charge is -2.20. The Balaban J connectivity index is 1.67. The topological polar surface area (TPSA) is 101 Å². The van der Waals surface area contributed by atoms with Gasteiger partial charge in [0.05, 0.1) is 17.5 Å². The minimum atomic E-state index is -0.576. The predicted octanol–water partition coefficient (Wildman–Crippen LogP) is 3.23. The van der Waals surface area contributed by atoms with Crippen molar-refractivity contribution in [3.8, 4) is 0 Å². The summed E-state index contributed by atoms with van der Waals surface area (Å²) in [7, 11) is 0. The van der Waals surface area contributed by atoms with E-state index in [0.717, 1.165) is 11.1 Å². The molecule has 0 unspecified atom stereocenters. The second-order valence-corrected chi connectivity index (χ2v) is 6.31. The fourth-order valence-electron chi connectivity index (χ4n) is 2.89. The Kier molecular flexibility index (Phi) is 6.32. The largest absolute Gasteiger partial charge is 0.344 e. The van der Waals surface area contributed by atoms with Gasteiger partial charge in [-0.15, -0.1) is 0 Å². The predicted molar refractivity (Wildman–Crippen MR) is 108 cm³/mol. The zero-order chi connectivity index (χ0) is 20.6. The van der Waals surface area contributed by atoms with Gasteiger partial charge in [-0.2, -0.15) is 0 Å². The highest BCUT2D eigenvalue weighted by atomic mass is 16.6. The van der Waals surface area contributed by atoms with Crippen LogP contribution in [0.3, 0.4) is 0 Å². The van der Waals surface area contributed by atoms with Crippen LogP contribution in [0.1, 0.15) is 27.5 Å². The number of nitrogens with zero attached hydrogens (tertiary/aromatic N) is 1. The number of carbonyl (C=O) groups is 2. The third kappa shape index (κ3) is 5.26. The second-order valence-electron chi connectivity index (χ2n) is 6.31. The molecule has 0 radical (unpaired) electrons. The molecule has 0 bridgehead atoms. The van der Waals surface area contributed by atoms with Crippen molar-refractivity contribution in [1.82, 2.24) is 10.6 Å². The number of non-ortho nitro benzene ring substituents is 1. The normalized spacial score (nSPS) is 10.4. The summed E-state index contributed by atoms with van der Waals surface area (Å²) in [5.41, 5.74) is 1.76. The van der Waals surface area contributed by atoms with Gasteiger partial charge in [-0.05, 0) is 17.2 Å². The maximum atomic E-state index is 12.5. The molecule has 2 N–H and O–H groups in total. The molecule has 0 aromatic heterocycles. The molecule has 0 saturated carbocycles. The first kappa shape index (κ1) is 19.8. The Labute approximate surface area is 167 Å². The quantitative estimate of drug-likeness (QED) is 0.478. The molecule has 29 heavy (non-hydrogen) atoms. The van der Waals surface area contributed by atoms with Crippen LogP contribution in [0.2, 0.25) is 0 Å². The Morgan fingerprint density at radius 3 is 2.00 bits per heavy atom. The summed E-state index contributed by atoms with van der Waals surface area (Å²) in [6.07, 6.45) is 0. The summed E-state index contributed by atoms with van der Waals surface area (Å²) in [6.45, 7) is -0.252. The van der Waals surface area contributed by atoms with Crippen LogP contribution in [0.5, 0.6) is 0 Å². The number of carbonyl (C=O) groups excluding carboxylic acids is 2. The van der Waals surface area contributed by atoms with Gasteiger partial charge in [0, 0.05) is 17.7 Å². The Bertz CT molecular complexity index is 967. The molecule has 3 rings (SSSR count). The van der Waals surface area contributed by atoms with Crippen molar-refractivity contribution >= 4 is 17.5 Å². The van der Waals surface area contributed by atoms with Gasteiger partial charge in [0.25, 0.3) is 11.6 Å². The molecular formula is C22H19N3O4. The van der Waals surface area contributed by atoms with Crippen LogP contribution >= 0.6 is 0 Å². The van der Waals surface area contributed by atoms with Gasteiger partial charge in [-0.1, -0.05) is 66.7 Å². The minimum Gasteiger partial charge on any atom is -0.344 e. The van der Waals surface area contributed by atoms with E-state index in [1.165, 1.54) is 24.3 Å². The maximum Gasteiger partial charge on any atom is 0.270 e. The fraction of sp³-hybridized carbons (Fsp3) is 0.0909. The number of rotatable bonds is 7. The summed E-state index contributed by atoms with van der Waals surface area (Å²) in [4.78, 5) is 35.0. The van der Waals surface area contributed by atoms with Crippen molar-refractivity contribution in [3.63, 3.8) is 0 Å². The zero-order valence-corrected chi connectivity index (χ0v) is 15.4. The van der Waals surface area contributed by atoms with E-state index < -0.39 is 10.8 Å². The molecule has 0 aliphatic heterocycles. The van der Waals surface area contributed by atoms with Gasteiger partial charge in [0.2, 0.25) is 5.91 Å². The van der Waals surface area contributed by atoms with Gasteiger partial charge in [0.1, 0.15) is 0 Å². The molecule has 0 fully saturated rings. The van der Waals surface area contributed by atoms with Crippen LogP contribution in [-0.4, -0.2) is 23.3 Å². The zero-order valence-electron chi connectivity index (χ0n) is 15.4. The lowest BCUT2D eigenvalue weighted by atomic mass is 9.99. The minimum absolute atomic E-state index is 0.120. The van der Waals surface area contributed by atoms with Gasteiger partial charge < -0.3 is 10.6 Å². The Morgan fingerprint density at radius 1 is 0.862 bits per heavy atom. The maximum absolute atomic E-state index is 12.5.